The Morgan fingerprint density at radius 1 is 1.04 bits per heavy atom. The van der Waals surface area contributed by atoms with Gasteiger partial charge < -0.3 is 19.5 Å². The smallest absolute Gasteiger partial charge is 0.227 e. The second-order valence-corrected chi connectivity index (χ2v) is 5.03. The van der Waals surface area contributed by atoms with Gasteiger partial charge in [0, 0.05) is 11.8 Å². The monoisotopic (exact) mass is 315 g/mol. The van der Waals surface area contributed by atoms with E-state index in [-0.39, 0.29) is 12.3 Å². The van der Waals surface area contributed by atoms with Crippen molar-refractivity contribution >= 4 is 11.6 Å². The quantitative estimate of drug-likeness (QED) is 0.850. The Morgan fingerprint density at radius 2 is 1.83 bits per heavy atom. The Hall–Kier alpha value is -2.69. The van der Waals surface area contributed by atoms with Crippen molar-refractivity contribution < 1.29 is 19.0 Å². The number of nitrogens with one attached hydrogen (secondary N) is 1. The van der Waals surface area contributed by atoms with E-state index in [0.29, 0.717) is 23.8 Å². The van der Waals surface area contributed by atoms with Crippen LogP contribution in [0.1, 0.15) is 12.0 Å². The number of carbonyl (C=O) groups is 1. The van der Waals surface area contributed by atoms with Crippen LogP contribution in [0.15, 0.2) is 42.5 Å². The Labute approximate surface area is 136 Å². The number of hydrogen-bond acceptors (Lipinski definition) is 4. The van der Waals surface area contributed by atoms with Crippen molar-refractivity contribution in [3.05, 3.63) is 48.0 Å². The molecule has 0 aromatic heterocycles. The lowest BCUT2D eigenvalue weighted by Gasteiger charge is -2.11. The minimum atomic E-state index is -0.120. The molecule has 0 fully saturated rings. The SMILES string of the molecule is COc1ccc(NC(=O)CCOc2cccc(C)c2)cc1OC. The maximum Gasteiger partial charge on any atom is 0.227 e. The summed E-state index contributed by atoms with van der Waals surface area (Å²) in [6, 6.07) is 13.0. The Balaban J connectivity index is 1.85. The number of carbonyl (C=O) groups excluding carboxylic acids is 1. The molecule has 122 valence electrons. The predicted octanol–water partition coefficient (Wildman–Crippen LogP) is 3.42. The molecule has 5 nitrogen and oxygen atoms in total. The minimum absolute atomic E-state index is 0.120. The van der Waals surface area contributed by atoms with Gasteiger partial charge in [-0.1, -0.05) is 12.1 Å². The summed E-state index contributed by atoms with van der Waals surface area (Å²) in [5, 5.41) is 2.81. The molecule has 0 unspecified atom stereocenters. The van der Waals surface area contributed by atoms with Gasteiger partial charge in [-0.05, 0) is 36.8 Å². The fourth-order valence-corrected chi connectivity index (χ4v) is 2.10. The van der Waals surface area contributed by atoms with E-state index in [1.165, 1.54) is 0 Å². The van der Waals surface area contributed by atoms with Gasteiger partial charge in [-0.2, -0.15) is 0 Å². The molecule has 0 saturated carbocycles. The first-order chi connectivity index (χ1) is 11.1. The molecule has 2 aromatic rings. The van der Waals surface area contributed by atoms with Gasteiger partial charge in [0.05, 0.1) is 27.2 Å². The highest BCUT2D eigenvalue weighted by molar-refractivity contribution is 5.91. The molecule has 2 aromatic carbocycles. The average Bonchev–Trinajstić information content (AvgIpc) is 2.54. The molecule has 0 aliphatic heterocycles. The average molecular weight is 315 g/mol. The maximum absolute atomic E-state index is 12.0. The van der Waals surface area contributed by atoms with Gasteiger partial charge in [-0.25, -0.2) is 0 Å². The van der Waals surface area contributed by atoms with E-state index in [0.717, 1.165) is 11.3 Å². The van der Waals surface area contributed by atoms with E-state index in [1.54, 1.807) is 32.4 Å². The molecule has 0 spiro atoms. The van der Waals surface area contributed by atoms with Crippen LogP contribution in [0.2, 0.25) is 0 Å². The molecular weight excluding hydrogens is 294 g/mol. The van der Waals surface area contributed by atoms with E-state index in [9.17, 15) is 4.79 Å². The number of ether oxygens (including phenoxy) is 3. The van der Waals surface area contributed by atoms with Gasteiger partial charge in [0.15, 0.2) is 11.5 Å². The molecule has 1 amide bonds. The van der Waals surface area contributed by atoms with E-state index >= 15 is 0 Å². The van der Waals surface area contributed by atoms with E-state index < -0.39 is 0 Å². The van der Waals surface area contributed by atoms with Crippen LogP contribution in [0.3, 0.4) is 0 Å². The lowest BCUT2D eigenvalue weighted by molar-refractivity contribution is -0.116. The minimum Gasteiger partial charge on any atom is -0.493 e. The van der Waals surface area contributed by atoms with Gasteiger partial charge in [0.1, 0.15) is 5.75 Å². The Bertz CT molecular complexity index is 670. The summed E-state index contributed by atoms with van der Waals surface area (Å²) in [4.78, 5) is 12.0. The van der Waals surface area contributed by atoms with Gasteiger partial charge >= 0.3 is 0 Å². The van der Waals surface area contributed by atoms with Crippen molar-refractivity contribution in [3.8, 4) is 17.2 Å². The molecule has 0 aliphatic rings. The van der Waals surface area contributed by atoms with Gasteiger partial charge in [0.2, 0.25) is 5.91 Å². The van der Waals surface area contributed by atoms with Crippen molar-refractivity contribution in [1.29, 1.82) is 0 Å². The lowest BCUT2D eigenvalue weighted by Crippen LogP contribution is -2.15. The second kappa shape index (κ2) is 8.08. The third kappa shape index (κ3) is 4.92. The number of anilines is 1. The number of aryl methyl sites for hydroxylation is 1. The first-order valence-corrected chi connectivity index (χ1v) is 7.33. The largest absolute Gasteiger partial charge is 0.493 e. The molecule has 0 radical (unpaired) electrons. The standard InChI is InChI=1S/C18H21NO4/c1-13-5-4-6-15(11-13)23-10-9-18(20)19-14-7-8-16(21-2)17(12-14)22-3/h4-8,11-12H,9-10H2,1-3H3,(H,19,20). The van der Waals surface area contributed by atoms with Gasteiger partial charge in [0.25, 0.3) is 0 Å². The summed E-state index contributed by atoms with van der Waals surface area (Å²) in [7, 11) is 3.12. The molecule has 0 atom stereocenters. The molecule has 0 heterocycles. The van der Waals surface area contributed by atoms with Crippen LogP contribution < -0.4 is 19.5 Å². The zero-order valence-corrected chi connectivity index (χ0v) is 13.6. The molecule has 0 saturated heterocycles. The molecular formula is C18H21NO4. The molecule has 5 heteroatoms. The summed E-state index contributed by atoms with van der Waals surface area (Å²) in [5.74, 6) is 1.84. The lowest BCUT2D eigenvalue weighted by atomic mass is 10.2. The molecule has 23 heavy (non-hydrogen) atoms. The molecule has 0 aliphatic carbocycles. The third-order valence-electron chi connectivity index (χ3n) is 3.25. The van der Waals surface area contributed by atoms with Crippen molar-refractivity contribution in [2.75, 3.05) is 26.1 Å². The van der Waals surface area contributed by atoms with Gasteiger partial charge in [-0.15, -0.1) is 0 Å². The normalized spacial score (nSPS) is 10.0. The summed E-state index contributed by atoms with van der Waals surface area (Å²) in [5.41, 5.74) is 1.78. The van der Waals surface area contributed by atoms with Crippen LogP contribution in [0, 0.1) is 6.92 Å². The number of rotatable bonds is 7. The zero-order valence-electron chi connectivity index (χ0n) is 13.6. The van der Waals surface area contributed by atoms with E-state index in [4.69, 9.17) is 14.2 Å². The number of benzene rings is 2. The Kier molecular flexibility index (Phi) is 5.86. The first-order valence-electron chi connectivity index (χ1n) is 7.33. The molecule has 1 N–H and O–H groups in total. The summed E-state index contributed by atoms with van der Waals surface area (Å²) >= 11 is 0. The highest BCUT2D eigenvalue weighted by Crippen LogP contribution is 2.29. The highest BCUT2D eigenvalue weighted by atomic mass is 16.5. The first kappa shape index (κ1) is 16.7. The maximum atomic E-state index is 12.0. The molecule has 0 bridgehead atoms. The van der Waals surface area contributed by atoms with Crippen LogP contribution >= 0.6 is 0 Å². The van der Waals surface area contributed by atoms with Crippen LogP contribution in [0.4, 0.5) is 5.69 Å². The number of methoxy groups -OCH3 is 2. The molecule has 2 rings (SSSR count). The van der Waals surface area contributed by atoms with Crippen molar-refractivity contribution in [3.63, 3.8) is 0 Å². The second-order valence-electron chi connectivity index (χ2n) is 5.03. The van der Waals surface area contributed by atoms with Crippen molar-refractivity contribution in [2.45, 2.75) is 13.3 Å². The predicted molar refractivity (Wildman–Crippen MR) is 89.5 cm³/mol. The van der Waals surface area contributed by atoms with E-state index in [2.05, 4.69) is 5.32 Å². The van der Waals surface area contributed by atoms with Crippen LogP contribution in [-0.4, -0.2) is 26.7 Å². The van der Waals surface area contributed by atoms with Crippen molar-refractivity contribution in [1.82, 2.24) is 0 Å². The number of amides is 1. The fraction of sp³-hybridized carbons (Fsp3) is 0.278. The summed E-state index contributed by atoms with van der Waals surface area (Å²) in [6.45, 7) is 2.32. The van der Waals surface area contributed by atoms with Crippen LogP contribution in [-0.2, 0) is 4.79 Å². The summed E-state index contributed by atoms with van der Waals surface area (Å²) < 4.78 is 15.9. The third-order valence-corrected chi connectivity index (χ3v) is 3.25. The van der Waals surface area contributed by atoms with Crippen molar-refractivity contribution in [2.24, 2.45) is 0 Å². The fourth-order valence-electron chi connectivity index (χ4n) is 2.10. The van der Waals surface area contributed by atoms with Crippen LogP contribution in [0.25, 0.3) is 0 Å². The highest BCUT2D eigenvalue weighted by Gasteiger charge is 2.07. The Morgan fingerprint density at radius 3 is 2.52 bits per heavy atom. The zero-order chi connectivity index (χ0) is 16.7. The number of hydrogen-bond donors (Lipinski definition) is 1. The van der Waals surface area contributed by atoms with Crippen LogP contribution in [0.5, 0.6) is 17.2 Å². The van der Waals surface area contributed by atoms with E-state index in [1.807, 2.05) is 31.2 Å². The van der Waals surface area contributed by atoms with Gasteiger partial charge in [-0.3, -0.25) is 4.79 Å². The summed E-state index contributed by atoms with van der Waals surface area (Å²) in [6.07, 6.45) is 0.266. The topological polar surface area (TPSA) is 56.8 Å².